The molecule has 14 rings (SSSR count). The van der Waals surface area contributed by atoms with Crippen molar-refractivity contribution in [2.45, 2.75) is 5.41 Å². The van der Waals surface area contributed by atoms with Gasteiger partial charge in [-0.2, -0.15) is 0 Å². The molecule has 12 aromatic rings. The minimum atomic E-state index is -0.757. The van der Waals surface area contributed by atoms with Crippen LogP contribution in [0.3, 0.4) is 0 Å². The molecule has 1 aliphatic carbocycles. The maximum Gasteiger partial charge on any atom is 0.164 e. The van der Waals surface area contributed by atoms with Gasteiger partial charge in [0.1, 0.15) is 11.5 Å². The van der Waals surface area contributed by atoms with Crippen LogP contribution in [-0.4, -0.2) is 19.5 Å². The fourth-order valence-electron chi connectivity index (χ4n) is 11.1. The molecule has 5 heteroatoms. The molecule has 0 bridgehead atoms. The SMILES string of the molecule is c1ccc(-c2ccc3c(c2)C2(c4cc(-c5ccccc5)ccc4O3)c3ccccc3-c3ccc4c(c32)c2ccccc2n4-c2cccc(-c3nc(-c4ccccc4)nc(-c4ccccc4)n3)c2)cc1. The van der Waals surface area contributed by atoms with E-state index < -0.39 is 5.41 Å². The Morgan fingerprint density at radius 2 is 0.841 bits per heavy atom. The van der Waals surface area contributed by atoms with E-state index in [1.54, 1.807) is 0 Å². The summed E-state index contributed by atoms with van der Waals surface area (Å²) in [5.74, 6) is 3.58. The van der Waals surface area contributed by atoms with E-state index >= 15 is 0 Å². The summed E-state index contributed by atoms with van der Waals surface area (Å²) in [6, 6.07) is 86.4. The molecule has 0 saturated carbocycles. The molecule has 0 fully saturated rings. The lowest BCUT2D eigenvalue weighted by molar-refractivity contribution is 0.437. The van der Waals surface area contributed by atoms with Gasteiger partial charge in [-0.25, -0.2) is 15.0 Å². The summed E-state index contributed by atoms with van der Waals surface area (Å²) in [6.07, 6.45) is 0. The van der Waals surface area contributed by atoms with Crippen molar-refractivity contribution in [1.29, 1.82) is 0 Å². The predicted molar refractivity (Wildman–Crippen MR) is 279 cm³/mol. The number of ether oxygens (including phenoxy) is 1. The van der Waals surface area contributed by atoms with E-state index in [2.05, 4.69) is 187 Å². The number of hydrogen-bond donors (Lipinski definition) is 0. The van der Waals surface area contributed by atoms with Gasteiger partial charge < -0.3 is 9.30 Å². The zero-order valence-electron chi connectivity index (χ0n) is 37.3. The van der Waals surface area contributed by atoms with Crippen molar-refractivity contribution in [2.24, 2.45) is 0 Å². The summed E-state index contributed by atoms with van der Waals surface area (Å²) in [7, 11) is 0. The largest absolute Gasteiger partial charge is 0.457 e. The third-order valence-electron chi connectivity index (χ3n) is 14.1. The van der Waals surface area contributed by atoms with Gasteiger partial charge in [-0.15, -0.1) is 0 Å². The molecule has 1 aliphatic heterocycles. The Bertz CT molecular complexity index is 3830. The second-order valence-electron chi connectivity index (χ2n) is 17.9. The van der Waals surface area contributed by atoms with E-state index in [4.69, 9.17) is 19.7 Å². The molecule has 69 heavy (non-hydrogen) atoms. The molecule has 2 aliphatic rings. The molecule has 10 aromatic carbocycles. The zero-order valence-corrected chi connectivity index (χ0v) is 37.3. The molecule has 2 aromatic heterocycles. The monoisotopic (exact) mass is 880 g/mol. The van der Waals surface area contributed by atoms with Crippen LogP contribution in [0.25, 0.3) is 95.0 Å². The van der Waals surface area contributed by atoms with Gasteiger partial charge in [-0.1, -0.05) is 194 Å². The van der Waals surface area contributed by atoms with Gasteiger partial charge in [0, 0.05) is 44.3 Å². The first kappa shape index (κ1) is 39.0. The molecule has 0 unspecified atom stereocenters. The fraction of sp³-hybridized carbons (Fsp3) is 0.0156. The molecule has 1 spiro atoms. The topological polar surface area (TPSA) is 52.8 Å². The predicted octanol–water partition coefficient (Wildman–Crippen LogP) is 15.8. The molecule has 0 N–H and O–H groups in total. The van der Waals surface area contributed by atoms with Gasteiger partial charge in [0.25, 0.3) is 0 Å². The fourth-order valence-corrected chi connectivity index (χ4v) is 11.1. The highest BCUT2D eigenvalue weighted by molar-refractivity contribution is 6.15. The van der Waals surface area contributed by atoms with Crippen LogP contribution >= 0.6 is 0 Å². The van der Waals surface area contributed by atoms with Crippen LogP contribution in [-0.2, 0) is 5.41 Å². The van der Waals surface area contributed by atoms with Crippen LogP contribution in [0.15, 0.2) is 243 Å². The van der Waals surface area contributed by atoms with E-state index in [1.807, 2.05) is 60.7 Å². The van der Waals surface area contributed by atoms with E-state index in [9.17, 15) is 0 Å². The van der Waals surface area contributed by atoms with Gasteiger partial charge in [0.15, 0.2) is 17.5 Å². The normalized spacial score (nSPS) is 12.9. The van der Waals surface area contributed by atoms with E-state index in [-0.39, 0.29) is 0 Å². The minimum absolute atomic E-state index is 0.611. The number of rotatable bonds is 6. The first-order chi connectivity index (χ1) is 34.2. The Balaban J connectivity index is 1.05. The van der Waals surface area contributed by atoms with Gasteiger partial charge in [-0.05, 0) is 93.0 Å². The molecule has 322 valence electrons. The standard InChI is InChI=1S/C64H40N4O/c1-5-18-41(19-6-1)45-32-36-57-53(39-45)64(54-40-46(33-37-58(54)69-57)42-20-7-2-8-21-42)52-30-15-13-28-49(52)50-34-35-56-59(60(50)64)51-29-14-16-31-55(51)68(56)48-27-17-26-47(38-48)63-66-61(43-22-9-3-10-23-43)65-62(67-63)44-24-11-4-12-25-44/h1-40H. The van der Waals surface area contributed by atoms with Crippen molar-refractivity contribution in [3.05, 3.63) is 265 Å². The molecular weight excluding hydrogens is 841 g/mol. The number of hydrogen-bond acceptors (Lipinski definition) is 4. The van der Waals surface area contributed by atoms with E-state index in [1.165, 1.54) is 33.0 Å². The quantitative estimate of drug-likeness (QED) is 0.167. The second-order valence-corrected chi connectivity index (χ2v) is 17.9. The Hall–Kier alpha value is -9.19. The Morgan fingerprint density at radius 1 is 0.333 bits per heavy atom. The van der Waals surface area contributed by atoms with Crippen LogP contribution in [0.5, 0.6) is 11.5 Å². The molecular formula is C64H40N4O. The zero-order chi connectivity index (χ0) is 45.5. The third kappa shape index (κ3) is 6.00. The summed E-state index contributed by atoms with van der Waals surface area (Å²) < 4.78 is 9.48. The maximum absolute atomic E-state index is 7.06. The smallest absolute Gasteiger partial charge is 0.164 e. The Morgan fingerprint density at radius 3 is 1.45 bits per heavy atom. The van der Waals surface area contributed by atoms with Crippen molar-refractivity contribution in [2.75, 3.05) is 0 Å². The summed E-state index contributed by atoms with van der Waals surface area (Å²) in [5, 5.41) is 2.38. The highest BCUT2D eigenvalue weighted by Crippen LogP contribution is 2.65. The third-order valence-corrected chi connectivity index (χ3v) is 14.1. The van der Waals surface area contributed by atoms with Crippen molar-refractivity contribution in [1.82, 2.24) is 19.5 Å². The summed E-state index contributed by atoms with van der Waals surface area (Å²) in [5.41, 5.74) is 17.0. The van der Waals surface area contributed by atoms with Crippen LogP contribution < -0.4 is 4.74 Å². The molecule has 0 saturated heterocycles. The lowest BCUT2D eigenvalue weighted by Gasteiger charge is -2.40. The maximum atomic E-state index is 7.06. The number of para-hydroxylation sites is 1. The average molecular weight is 881 g/mol. The van der Waals surface area contributed by atoms with Gasteiger partial charge in [0.2, 0.25) is 0 Å². The number of aromatic nitrogens is 4. The van der Waals surface area contributed by atoms with Crippen molar-refractivity contribution in [3.8, 4) is 84.7 Å². The lowest BCUT2D eigenvalue weighted by atomic mass is 9.64. The lowest BCUT2D eigenvalue weighted by Crippen LogP contribution is -2.32. The number of fused-ring (bicyclic) bond motifs is 13. The number of benzene rings is 10. The van der Waals surface area contributed by atoms with Gasteiger partial charge >= 0.3 is 0 Å². The molecule has 0 radical (unpaired) electrons. The van der Waals surface area contributed by atoms with Gasteiger partial charge in [-0.3, -0.25) is 0 Å². The van der Waals surface area contributed by atoms with E-state index in [0.717, 1.165) is 78.3 Å². The second kappa shape index (κ2) is 15.4. The van der Waals surface area contributed by atoms with Crippen LogP contribution in [0, 0.1) is 0 Å². The van der Waals surface area contributed by atoms with Gasteiger partial charge in [0.05, 0.1) is 16.4 Å². The molecule has 0 atom stereocenters. The van der Waals surface area contributed by atoms with Crippen LogP contribution in [0.4, 0.5) is 0 Å². The first-order valence-corrected chi connectivity index (χ1v) is 23.4. The highest BCUT2D eigenvalue weighted by atomic mass is 16.5. The highest BCUT2D eigenvalue weighted by Gasteiger charge is 2.52. The molecule has 0 amide bonds. The average Bonchev–Trinajstić information content (AvgIpc) is 3.92. The summed E-state index contributed by atoms with van der Waals surface area (Å²) in [6.45, 7) is 0. The number of nitrogens with zero attached hydrogens (tertiary/aromatic N) is 4. The Kier molecular flexibility index (Phi) is 8.73. The van der Waals surface area contributed by atoms with Crippen molar-refractivity contribution in [3.63, 3.8) is 0 Å². The Labute approximate surface area is 399 Å². The minimum Gasteiger partial charge on any atom is -0.457 e. The summed E-state index contributed by atoms with van der Waals surface area (Å²) >= 11 is 0. The first-order valence-electron chi connectivity index (χ1n) is 23.4. The summed E-state index contributed by atoms with van der Waals surface area (Å²) in [4.78, 5) is 15.2. The van der Waals surface area contributed by atoms with Crippen molar-refractivity contribution >= 4 is 21.8 Å². The van der Waals surface area contributed by atoms with Crippen molar-refractivity contribution < 1.29 is 4.74 Å². The van der Waals surface area contributed by atoms with E-state index in [0.29, 0.717) is 17.5 Å². The van der Waals surface area contributed by atoms with Crippen LogP contribution in [0.1, 0.15) is 22.3 Å². The van der Waals surface area contributed by atoms with Crippen LogP contribution in [0.2, 0.25) is 0 Å². The molecule has 3 heterocycles. The molecule has 5 nitrogen and oxygen atoms in total.